The largest absolute Gasteiger partial charge is 0.494 e. The zero-order chi connectivity index (χ0) is 23.4. The second-order valence-corrected chi connectivity index (χ2v) is 10.0. The van der Waals surface area contributed by atoms with E-state index < -0.39 is 0 Å². The molecule has 0 heterocycles. The minimum absolute atomic E-state index is 0.108. The van der Waals surface area contributed by atoms with Crippen molar-refractivity contribution in [1.82, 2.24) is 0 Å². The Morgan fingerprint density at radius 3 is 2.27 bits per heavy atom. The highest BCUT2D eigenvalue weighted by Crippen LogP contribution is 2.48. The van der Waals surface area contributed by atoms with Gasteiger partial charge in [0.2, 0.25) is 0 Å². The van der Waals surface area contributed by atoms with Crippen LogP contribution in [0.1, 0.15) is 109 Å². The van der Waals surface area contributed by atoms with Gasteiger partial charge in [-0.2, -0.15) is 5.26 Å². The first-order valence-electron chi connectivity index (χ1n) is 13.4. The molecule has 0 atom stereocenters. The van der Waals surface area contributed by atoms with Gasteiger partial charge in [-0.1, -0.05) is 95.2 Å². The lowest BCUT2D eigenvalue weighted by molar-refractivity contribution is 0.222. The smallest absolute Gasteiger partial charge is 0.119 e. The van der Waals surface area contributed by atoms with Gasteiger partial charge in [-0.25, -0.2) is 0 Å². The molecular weight excluding hydrogens is 402 g/mol. The minimum Gasteiger partial charge on any atom is -0.494 e. The first-order valence-corrected chi connectivity index (χ1v) is 13.4. The summed E-state index contributed by atoms with van der Waals surface area (Å²) in [7, 11) is 0. The number of nitriles is 1. The highest BCUT2D eigenvalue weighted by Gasteiger charge is 2.36. The Balaban J connectivity index is 1.69. The van der Waals surface area contributed by atoms with Crippen molar-refractivity contribution >= 4 is 0 Å². The number of ether oxygens (including phenoxy) is 1. The first-order chi connectivity index (χ1) is 16.2. The second-order valence-electron chi connectivity index (χ2n) is 10.0. The number of hydrogen-bond donors (Lipinski definition) is 0. The first kappa shape index (κ1) is 25.4. The number of unbranched alkanes of at least 4 members (excludes halogenated alkanes) is 6. The summed E-state index contributed by atoms with van der Waals surface area (Å²) in [5.74, 6) is 1.49. The van der Waals surface area contributed by atoms with Crippen LogP contribution in [0.4, 0.5) is 0 Å². The van der Waals surface area contributed by atoms with Crippen molar-refractivity contribution in [3.05, 3.63) is 54.1 Å². The molecule has 1 aliphatic rings. The summed E-state index contributed by atoms with van der Waals surface area (Å²) in [5, 5.41) is 10.1. The van der Waals surface area contributed by atoms with Gasteiger partial charge in [0.1, 0.15) is 5.75 Å². The quantitative estimate of drug-likeness (QED) is 0.288. The van der Waals surface area contributed by atoms with Gasteiger partial charge in [0.25, 0.3) is 0 Å². The van der Waals surface area contributed by atoms with Crippen molar-refractivity contribution in [2.24, 2.45) is 5.41 Å². The Labute approximate surface area is 202 Å². The molecule has 2 nitrogen and oxygen atoms in total. The van der Waals surface area contributed by atoms with E-state index in [0.29, 0.717) is 5.92 Å². The molecule has 1 fully saturated rings. The minimum atomic E-state index is -0.108. The number of rotatable bonds is 13. The summed E-state index contributed by atoms with van der Waals surface area (Å²) in [4.78, 5) is 0. The van der Waals surface area contributed by atoms with E-state index in [2.05, 4.69) is 68.4 Å². The monoisotopic (exact) mass is 445 g/mol. The Hall–Kier alpha value is -2.27. The summed E-state index contributed by atoms with van der Waals surface area (Å²) >= 11 is 0. The van der Waals surface area contributed by atoms with E-state index in [1.807, 2.05) is 0 Å². The molecule has 2 aromatic carbocycles. The Bertz CT molecular complexity index is 858. The lowest BCUT2D eigenvalue weighted by Crippen LogP contribution is -2.25. The fourth-order valence-electron chi connectivity index (χ4n) is 5.33. The molecule has 3 rings (SSSR count). The van der Waals surface area contributed by atoms with Gasteiger partial charge in [-0.15, -0.1) is 0 Å². The molecule has 0 amide bonds. The third-order valence-corrected chi connectivity index (χ3v) is 7.50. The van der Waals surface area contributed by atoms with Crippen LogP contribution in [0.25, 0.3) is 11.1 Å². The van der Waals surface area contributed by atoms with Gasteiger partial charge in [0, 0.05) is 0 Å². The van der Waals surface area contributed by atoms with Crippen molar-refractivity contribution in [2.45, 2.75) is 103 Å². The lowest BCUT2D eigenvalue weighted by Gasteiger charge is -2.36. The van der Waals surface area contributed by atoms with Gasteiger partial charge in [-0.3, -0.25) is 0 Å². The van der Waals surface area contributed by atoms with Crippen LogP contribution in [0.15, 0.2) is 48.5 Å². The SMILES string of the molecule is CCCCCCCCC1(C#N)CCC(c2cc(OCCCC)ccc2-c2ccccc2)CC1. The molecule has 0 spiro atoms. The van der Waals surface area contributed by atoms with Crippen molar-refractivity contribution in [2.75, 3.05) is 6.61 Å². The summed E-state index contributed by atoms with van der Waals surface area (Å²) in [6.07, 6.45) is 15.3. The molecule has 0 aliphatic heterocycles. The molecule has 0 radical (unpaired) electrons. The van der Waals surface area contributed by atoms with Gasteiger partial charge in [-0.05, 0) is 73.3 Å². The Morgan fingerprint density at radius 1 is 0.879 bits per heavy atom. The van der Waals surface area contributed by atoms with Crippen LogP contribution in [-0.4, -0.2) is 6.61 Å². The van der Waals surface area contributed by atoms with Crippen molar-refractivity contribution in [3.8, 4) is 22.9 Å². The fraction of sp³-hybridized carbons (Fsp3) is 0.581. The van der Waals surface area contributed by atoms with Gasteiger partial charge in [0.15, 0.2) is 0 Å². The molecular formula is C31H43NO. The van der Waals surface area contributed by atoms with Crippen molar-refractivity contribution in [3.63, 3.8) is 0 Å². The van der Waals surface area contributed by atoms with E-state index in [4.69, 9.17) is 4.74 Å². The predicted molar refractivity (Wildman–Crippen MR) is 140 cm³/mol. The molecule has 0 unspecified atom stereocenters. The standard InChI is InChI=1S/C31H43NO/c1-3-5-7-8-9-13-20-31(25-32)21-18-27(19-22-31)30-24-28(33-23-6-4-2)16-17-29(30)26-14-11-10-12-15-26/h10-12,14-17,24,27H,3-9,13,18-23H2,1-2H3. The van der Waals surface area contributed by atoms with Crippen LogP contribution in [0.5, 0.6) is 5.75 Å². The van der Waals surface area contributed by atoms with Crippen LogP contribution < -0.4 is 4.74 Å². The zero-order valence-corrected chi connectivity index (χ0v) is 21.0. The normalized spacial score (nSPS) is 20.3. The maximum absolute atomic E-state index is 10.1. The Kier molecular flexibility index (Phi) is 10.3. The number of nitrogens with zero attached hydrogens (tertiary/aromatic N) is 1. The van der Waals surface area contributed by atoms with E-state index in [1.54, 1.807) is 0 Å². The van der Waals surface area contributed by atoms with Crippen LogP contribution in [0.3, 0.4) is 0 Å². The third kappa shape index (κ3) is 7.36. The van der Waals surface area contributed by atoms with Crippen LogP contribution in [0, 0.1) is 16.7 Å². The zero-order valence-electron chi connectivity index (χ0n) is 21.0. The third-order valence-electron chi connectivity index (χ3n) is 7.50. The fourth-order valence-corrected chi connectivity index (χ4v) is 5.33. The maximum atomic E-state index is 10.1. The molecule has 0 saturated heterocycles. The molecule has 1 saturated carbocycles. The maximum Gasteiger partial charge on any atom is 0.119 e. The van der Waals surface area contributed by atoms with E-state index in [-0.39, 0.29) is 5.41 Å². The number of hydrogen-bond acceptors (Lipinski definition) is 2. The molecule has 33 heavy (non-hydrogen) atoms. The topological polar surface area (TPSA) is 33.0 Å². The molecule has 178 valence electrons. The predicted octanol–water partition coefficient (Wildman–Crippen LogP) is 9.45. The van der Waals surface area contributed by atoms with E-state index in [1.165, 1.54) is 55.2 Å². The number of benzene rings is 2. The van der Waals surface area contributed by atoms with Crippen molar-refractivity contribution in [1.29, 1.82) is 5.26 Å². The van der Waals surface area contributed by atoms with E-state index in [9.17, 15) is 5.26 Å². The van der Waals surface area contributed by atoms with E-state index >= 15 is 0 Å². The highest BCUT2D eigenvalue weighted by molar-refractivity contribution is 5.69. The Morgan fingerprint density at radius 2 is 1.58 bits per heavy atom. The molecule has 2 heteroatoms. The van der Waals surface area contributed by atoms with Crippen molar-refractivity contribution < 1.29 is 4.74 Å². The van der Waals surface area contributed by atoms with Gasteiger partial charge < -0.3 is 4.74 Å². The summed E-state index contributed by atoms with van der Waals surface area (Å²) in [6.45, 7) is 5.24. The second kappa shape index (κ2) is 13.4. The lowest BCUT2D eigenvalue weighted by atomic mass is 9.67. The molecule has 1 aliphatic carbocycles. The summed E-state index contributed by atoms with van der Waals surface area (Å²) in [5.41, 5.74) is 3.89. The molecule has 2 aromatic rings. The molecule has 0 N–H and O–H groups in total. The van der Waals surface area contributed by atoms with Crippen LogP contribution in [-0.2, 0) is 0 Å². The van der Waals surface area contributed by atoms with Gasteiger partial charge >= 0.3 is 0 Å². The van der Waals surface area contributed by atoms with E-state index in [0.717, 1.165) is 57.3 Å². The highest BCUT2D eigenvalue weighted by atomic mass is 16.5. The summed E-state index contributed by atoms with van der Waals surface area (Å²) < 4.78 is 6.07. The molecule has 0 aromatic heterocycles. The average molecular weight is 446 g/mol. The van der Waals surface area contributed by atoms with Crippen LogP contribution in [0.2, 0.25) is 0 Å². The van der Waals surface area contributed by atoms with Crippen LogP contribution >= 0.6 is 0 Å². The summed E-state index contributed by atoms with van der Waals surface area (Å²) in [6, 6.07) is 20.1. The molecule has 0 bridgehead atoms. The van der Waals surface area contributed by atoms with Gasteiger partial charge in [0.05, 0.1) is 18.1 Å². The average Bonchev–Trinajstić information content (AvgIpc) is 2.87.